The maximum atomic E-state index is 12.6. The first-order valence-corrected chi connectivity index (χ1v) is 25.3. The Morgan fingerprint density at radius 1 is 0.526 bits per heavy atom. The standard InChI is InChI=1S/C47H90NO8P/c1-3-5-7-9-11-13-15-17-19-21-22-24-26-28-30-32-34-36-38-40-47(50)56-45(44-55-57(51,52)54-42-41-48)43-53-46(49)39-37-35-33-31-29-27-25-23-20-18-16-14-12-10-8-6-4-2/h11,13,17,19,45H,3-10,12,14-16,18,20-44,48H2,1-2H3,(H,51,52)/b13-11+,19-17+/t45-/m1/s1. The average Bonchev–Trinajstić information content (AvgIpc) is 3.20. The van der Waals surface area contributed by atoms with Crippen molar-refractivity contribution in [2.75, 3.05) is 26.4 Å². The molecule has 0 aliphatic rings. The number of hydrogen-bond acceptors (Lipinski definition) is 8. The topological polar surface area (TPSA) is 134 Å². The number of phosphoric ester groups is 1. The predicted octanol–water partition coefficient (Wildman–Crippen LogP) is 13.9. The van der Waals surface area contributed by atoms with Crippen LogP contribution in [0.1, 0.15) is 232 Å². The Bertz CT molecular complexity index is 990. The van der Waals surface area contributed by atoms with Crippen LogP contribution in [0.3, 0.4) is 0 Å². The minimum atomic E-state index is -4.38. The van der Waals surface area contributed by atoms with E-state index in [4.69, 9.17) is 24.3 Å². The summed E-state index contributed by atoms with van der Waals surface area (Å²) in [5, 5.41) is 0. The first kappa shape index (κ1) is 55.5. The second-order valence-electron chi connectivity index (χ2n) is 16.0. The molecule has 0 saturated heterocycles. The SMILES string of the molecule is CCCCC/C=C/C/C=C/CCCCCCCCCCCC(=O)O[C@H](COC(=O)CCCCCCCCCCCCCCCCCCC)COP(=O)(O)OCCN. The third-order valence-electron chi connectivity index (χ3n) is 10.3. The van der Waals surface area contributed by atoms with E-state index in [1.54, 1.807) is 0 Å². The summed E-state index contributed by atoms with van der Waals surface area (Å²) in [6, 6.07) is 0. The van der Waals surface area contributed by atoms with E-state index in [0.29, 0.717) is 6.42 Å². The van der Waals surface area contributed by atoms with Crippen LogP contribution in [-0.4, -0.2) is 49.3 Å². The molecule has 0 aliphatic carbocycles. The molecule has 10 heteroatoms. The van der Waals surface area contributed by atoms with E-state index in [1.165, 1.54) is 148 Å². The molecule has 0 spiro atoms. The van der Waals surface area contributed by atoms with Crippen molar-refractivity contribution >= 4 is 19.8 Å². The zero-order chi connectivity index (χ0) is 41.8. The largest absolute Gasteiger partial charge is 0.472 e. The van der Waals surface area contributed by atoms with Crippen molar-refractivity contribution in [2.24, 2.45) is 5.73 Å². The zero-order valence-corrected chi connectivity index (χ0v) is 38.0. The van der Waals surface area contributed by atoms with Gasteiger partial charge in [0.05, 0.1) is 13.2 Å². The number of carbonyl (C=O) groups is 2. The van der Waals surface area contributed by atoms with Crippen LogP contribution in [0.15, 0.2) is 24.3 Å². The fourth-order valence-electron chi connectivity index (χ4n) is 6.78. The maximum Gasteiger partial charge on any atom is 0.472 e. The Morgan fingerprint density at radius 3 is 1.37 bits per heavy atom. The first-order valence-electron chi connectivity index (χ1n) is 23.8. The van der Waals surface area contributed by atoms with Crippen LogP contribution in [0.5, 0.6) is 0 Å². The fraction of sp³-hybridized carbons (Fsp3) is 0.872. The molecule has 2 atom stereocenters. The molecule has 3 N–H and O–H groups in total. The lowest BCUT2D eigenvalue weighted by molar-refractivity contribution is -0.161. The van der Waals surface area contributed by atoms with Crippen molar-refractivity contribution in [3.8, 4) is 0 Å². The Morgan fingerprint density at radius 2 is 0.912 bits per heavy atom. The molecule has 0 radical (unpaired) electrons. The second-order valence-corrected chi connectivity index (χ2v) is 17.4. The van der Waals surface area contributed by atoms with Gasteiger partial charge in [-0.1, -0.05) is 199 Å². The summed E-state index contributed by atoms with van der Waals surface area (Å²) >= 11 is 0. The highest BCUT2D eigenvalue weighted by Gasteiger charge is 2.26. The van der Waals surface area contributed by atoms with Crippen LogP contribution >= 0.6 is 7.82 Å². The number of allylic oxidation sites excluding steroid dienone is 4. The molecule has 0 amide bonds. The number of phosphoric acid groups is 1. The van der Waals surface area contributed by atoms with Crippen molar-refractivity contribution in [1.82, 2.24) is 0 Å². The molecule has 57 heavy (non-hydrogen) atoms. The van der Waals surface area contributed by atoms with Crippen LogP contribution in [0.4, 0.5) is 0 Å². The lowest BCUT2D eigenvalue weighted by Crippen LogP contribution is -2.29. The smallest absolute Gasteiger partial charge is 0.462 e. The molecule has 0 bridgehead atoms. The predicted molar refractivity (Wildman–Crippen MR) is 238 cm³/mol. The van der Waals surface area contributed by atoms with Gasteiger partial charge in [0.25, 0.3) is 0 Å². The van der Waals surface area contributed by atoms with Gasteiger partial charge in [0.2, 0.25) is 0 Å². The van der Waals surface area contributed by atoms with Gasteiger partial charge >= 0.3 is 19.8 Å². The molecular weight excluding hydrogens is 737 g/mol. The minimum Gasteiger partial charge on any atom is -0.462 e. The van der Waals surface area contributed by atoms with Gasteiger partial charge in [-0.05, 0) is 44.9 Å². The third-order valence-corrected chi connectivity index (χ3v) is 11.3. The average molecular weight is 828 g/mol. The Kier molecular flexibility index (Phi) is 42.9. The summed E-state index contributed by atoms with van der Waals surface area (Å²) in [6.45, 7) is 3.74. The van der Waals surface area contributed by atoms with E-state index in [9.17, 15) is 19.0 Å². The summed E-state index contributed by atoms with van der Waals surface area (Å²) in [5.74, 6) is -0.822. The molecule has 0 saturated carbocycles. The summed E-state index contributed by atoms with van der Waals surface area (Å²) in [7, 11) is -4.38. The van der Waals surface area contributed by atoms with Crippen LogP contribution in [-0.2, 0) is 32.7 Å². The molecular formula is C47H90NO8P. The highest BCUT2D eigenvalue weighted by Crippen LogP contribution is 2.43. The summed E-state index contributed by atoms with van der Waals surface area (Å²) in [4.78, 5) is 35.0. The van der Waals surface area contributed by atoms with Crippen molar-refractivity contribution in [1.29, 1.82) is 0 Å². The van der Waals surface area contributed by atoms with Crippen LogP contribution in [0.25, 0.3) is 0 Å². The van der Waals surface area contributed by atoms with Gasteiger partial charge in [-0.25, -0.2) is 4.57 Å². The van der Waals surface area contributed by atoms with Gasteiger partial charge in [-0.15, -0.1) is 0 Å². The number of hydrogen-bond donors (Lipinski definition) is 2. The van der Waals surface area contributed by atoms with E-state index in [-0.39, 0.29) is 38.6 Å². The monoisotopic (exact) mass is 828 g/mol. The van der Waals surface area contributed by atoms with Gasteiger partial charge in [-0.2, -0.15) is 0 Å². The third kappa shape index (κ3) is 43.9. The first-order chi connectivity index (χ1) is 27.8. The van der Waals surface area contributed by atoms with Crippen molar-refractivity contribution in [3.63, 3.8) is 0 Å². The van der Waals surface area contributed by atoms with Gasteiger partial charge < -0.3 is 20.1 Å². The van der Waals surface area contributed by atoms with Crippen LogP contribution in [0.2, 0.25) is 0 Å². The molecule has 0 aliphatic heterocycles. The normalized spacial score (nSPS) is 13.4. The highest BCUT2D eigenvalue weighted by atomic mass is 31.2. The molecule has 0 aromatic rings. The molecule has 0 rings (SSSR count). The van der Waals surface area contributed by atoms with Crippen molar-refractivity contribution in [3.05, 3.63) is 24.3 Å². The second kappa shape index (κ2) is 44.1. The van der Waals surface area contributed by atoms with Crippen molar-refractivity contribution in [2.45, 2.75) is 238 Å². The molecule has 0 heterocycles. The molecule has 9 nitrogen and oxygen atoms in total. The Balaban J connectivity index is 4.07. The van der Waals surface area contributed by atoms with Gasteiger partial charge in [0.15, 0.2) is 6.10 Å². The number of ether oxygens (including phenoxy) is 2. The molecule has 1 unspecified atom stereocenters. The number of carbonyl (C=O) groups excluding carboxylic acids is 2. The van der Waals surface area contributed by atoms with Crippen LogP contribution < -0.4 is 5.73 Å². The van der Waals surface area contributed by atoms with E-state index >= 15 is 0 Å². The summed E-state index contributed by atoms with van der Waals surface area (Å²) < 4.78 is 32.9. The van der Waals surface area contributed by atoms with E-state index in [0.717, 1.165) is 51.4 Å². The Labute approximate surface area is 351 Å². The van der Waals surface area contributed by atoms with Gasteiger partial charge in [0.1, 0.15) is 6.61 Å². The lowest BCUT2D eigenvalue weighted by atomic mass is 10.0. The maximum absolute atomic E-state index is 12.6. The molecule has 0 aromatic heterocycles. The Hall–Kier alpha value is -1.51. The fourth-order valence-corrected chi connectivity index (χ4v) is 7.55. The number of nitrogens with two attached hydrogens (primary N) is 1. The van der Waals surface area contributed by atoms with E-state index in [1.807, 2.05) is 0 Å². The summed E-state index contributed by atoms with van der Waals surface area (Å²) in [6.07, 6.45) is 47.7. The molecule has 0 fully saturated rings. The molecule has 336 valence electrons. The van der Waals surface area contributed by atoms with Crippen molar-refractivity contribution < 1.29 is 37.6 Å². The number of esters is 2. The molecule has 0 aromatic carbocycles. The zero-order valence-electron chi connectivity index (χ0n) is 37.1. The van der Waals surface area contributed by atoms with Crippen LogP contribution in [0, 0.1) is 0 Å². The quantitative estimate of drug-likeness (QED) is 0.0266. The van der Waals surface area contributed by atoms with E-state index < -0.39 is 26.5 Å². The number of unbranched alkanes of at least 4 members (excludes halogenated alkanes) is 28. The van der Waals surface area contributed by atoms with Gasteiger partial charge in [0, 0.05) is 19.4 Å². The van der Waals surface area contributed by atoms with E-state index in [2.05, 4.69) is 38.2 Å². The summed E-state index contributed by atoms with van der Waals surface area (Å²) in [5.41, 5.74) is 5.36. The minimum absolute atomic E-state index is 0.0545. The lowest BCUT2D eigenvalue weighted by Gasteiger charge is -2.19. The highest BCUT2D eigenvalue weighted by molar-refractivity contribution is 7.47. The van der Waals surface area contributed by atoms with Gasteiger partial charge in [-0.3, -0.25) is 18.6 Å². The number of rotatable bonds is 45.